The molecule has 0 aliphatic carbocycles. The summed E-state index contributed by atoms with van der Waals surface area (Å²) in [6.45, 7) is 3.37. The molecule has 2 amide bonds. The summed E-state index contributed by atoms with van der Waals surface area (Å²) >= 11 is 0. The minimum atomic E-state index is -0.263. The molecule has 1 atom stereocenters. The van der Waals surface area contributed by atoms with Gasteiger partial charge in [0.05, 0.1) is 13.2 Å². The Kier molecular flexibility index (Phi) is 7.09. The van der Waals surface area contributed by atoms with E-state index in [4.69, 9.17) is 14.2 Å². The summed E-state index contributed by atoms with van der Waals surface area (Å²) in [5.74, 6) is 1.66. The fourth-order valence-corrected chi connectivity index (χ4v) is 3.30. The molecule has 0 bridgehead atoms. The molecule has 1 unspecified atom stereocenters. The second-order valence-electron chi connectivity index (χ2n) is 7.61. The Morgan fingerprint density at radius 3 is 2.30 bits per heavy atom. The van der Waals surface area contributed by atoms with Gasteiger partial charge in [0.1, 0.15) is 18.5 Å². The number of ether oxygens (including phenoxy) is 3. The van der Waals surface area contributed by atoms with Crippen molar-refractivity contribution in [1.29, 1.82) is 0 Å². The molecule has 0 spiro atoms. The number of hydrogen-bond acceptors (Lipinski definition) is 5. The van der Waals surface area contributed by atoms with Crippen molar-refractivity contribution < 1.29 is 23.8 Å². The average Bonchev–Trinajstić information content (AvgIpc) is 2.86. The van der Waals surface area contributed by atoms with Crippen LogP contribution in [0.4, 0.5) is 5.69 Å². The zero-order chi connectivity index (χ0) is 23.0. The van der Waals surface area contributed by atoms with E-state index in [-0.39, 0.29) is 17.9 Å². The van der Waals surface area contributed by atoms with Crippen LogP contribution < -0.4 is 24.8 Å². The normalized spacial score (nSPS) is 14.3. The standard InChI is InChI=1S/C26H26N2O5/c1-2-15-31-21-13-9-19(10-14-21)26(30)28-20-11-7-18(8-12-20)25(29)27-16-22-17-32-23-5-3-4-6-24(23)33-22/h3-14,22H,2,15-17H2,1H3,(H,27,29)(H,28,30). The van der Waals surface area contributed by atoms with Crippen molar-refractivity contribution in [1.82, 2.24) is 5.32 Å². The Balaban J connectivity index is 1.27. The molecule has 0 radical (unpaired) electrons. The van der Waals surface area contributed by atoms with Gasteiger partial charge in [0.25, 0.3) is 11.8 Å². The van der Waals surface area contributed by atoms with E-state index < -0.39 is 0 Å². The zero-order valence-corrected chi connectivity index (χ0v) is 18.4. The maximum absolute atomic E-state index is 12.5. The third kappa shape index (κ3) is 5.83. The Hall–Kier alpha value is -4.00. The van der Waals surface area contributed by atoms with E-state index in [1.54, 1.807) is 48.5 Å². The average molecular weight is 447 g/mol. The van der Waals surface area contributed by atoms with Gasteiger partial charge in [0.2, 0.25) is 0 Å². The lowest BCUT2D eigenvalue weighted by Crippen LogP contribution is -2.40. The summed E-state index contributed by atoms with van der Waals surface area (Å²) in [6.07, 6.45) is 0.661. The third-order valence-electron chi connectivity index (χ3n) is 5.05. The Bertz CT molecular complexity index is 1100. The predicted molar refractivity (Wildman–Crippen MR) is 125 cm³/mol. The monoisotopic (exact) mass is 446 g/mol. The number of hydrogen-bond donors (Lipinski definition) is 2. The minimum absolute atomic E-state index is 0.224. The minimum Gasteiger partial charge on any atom is -0.494 e. The molecule has 7 nitrogen and oxygen atoms in total. The van der Waals surface area contributed by atoms with Gasteiger partial charge < -0.3 is 24.8 Å². The van der Waals surface area contributed by atoms with Crippen molar-refractivity contribution in [2.75, 3.05) is 25.1 Å². The van der Waals surface area contributed by atoms with E-state index in [0.29, 0.717) is 48.1 Å². The smallest absolute Gasteiger partial charge is 0.255 e. The van der Waals surface area contributed by atoms with Crippen LogP contribution >= 0.6 is 0 Å². The summed E-state index contributed by atoms with van der Waals surface area (Å²) in [7, 11) is 0. The summed E-state index contributed by atoms with van der Waals surface area (Å²) in [5.41, 5.74) is 1.61. The van der Waals surface area contributed by atoms with E-state index in [9.17, 15) is 9.59 Å². The molecule has 0 aromatic heterocycles. The van der Waals surface area contributed by atoms with Crippen molar-refractivity contribution in [3.8, 4) is 17.2 Å². The molecular formula is C26H26N2O5. The fourth-order valence-electron chi connectivity index (χ4n) is 3.30. The number of nitrogens with one attached hydrogen (secondary N) is 2. The van der Waals surface area contributed by atoms with Gasteiger partial charge in [-0.1, -0.05) is 19.1 Å². The lowest BCUT2D eigenvalue weighted by molar-refractivity contribution is 0.0789. The van der Waals surface area contributed by atoms with Crippen LogP contribution in [0.3, 0.4) is 0 Å². The number of carbonyl (C=O) groups is 2. The van der Waals surface area contributed by atoms with Gasteiger partial charge in [-0.25, -0.2) is 0 Å². The van der Waals surface area contributed by atoms with Crippen LogP contribution in [0.5, 0.6) is 17.2 Å². The number of rotatable bonds is 8. The highest BCUT2D eigenvalue weighted by Crippen LogP contribution is 2.30. The molecule has 0 saturated carbocycles. The number of benzene rings is 3. The second kappa shape index (κ2) is 10.5. The lowest BCUT2D eigenvalue weighted by Gasteiger charge is -2.26. The summed E-state index contributed by atoms with van der Waals surface area (Å²) in [6, 6.07) is 21.2. The van der Waals surface area contributed by atoms with Crippen LogP contribution in [0.15, 0.2) is 72.8 Å². The van der Waals surface area contributed by atoms with Gasteiger partial charge >= 0.3 is 0 Å². The molecule has 2 N–H and O–H groups in total. The molecule has 7 heteroatoms. The maximum atomic E-state index is 12.5. The van der Waals surface area contributed by atoms with Crippen molar-refractivity contribution in [2.45, 2.75) is 19.4 Å². The molecule has 170 valence electrons. The molecule has 1 aliphatic rings. The lowest BCUT2D eigenvalue weighted by atomic mass is 10.1. The number of para-hydroxylation sites is 2. The molecule has 1 aliphatic heterocycles. The van der Waals surface area contributed by atoms with Gasteiger partial charge in [-0.15, -0.1) is 0 Å². The maximum Gasteiger partial charge on any atom is 0.255 e. The highest BCUT2D eigenvalue weighted by molar-refractivity contribution is 6.04. The molecule has 4 rings (SSSR count). The van der Waals surface area contributed by atoms with Gasteiger partial charge in [0.15, 0.2) is 11.5 Å². The van der Waals surface area contributed by atoms with E-state index >= 15 is 0 Å². The van der Waals surface area contributed by atoms with Crippen LogP contribution in [-0.4, -0.2) is 37.7 Å². The Labute approximate surface area is 192 Å². The van der Waals surface area contributed by atoms with Crippen molar-refractivity contribution in [3.63, 3.8) is 0 Å². The van der Waals surface area contributed by atoms with Crippen molar-refractivity contribution in [3.05, 3.63) is 83.9 Å². The highest BCUT2D eigenvalue weighted by atomic mass is 16.6. The van der Waals surface area contributed by atoms with Gasteiger partial charge in [-0.05, 0) is 67.1 Å². The number of anilines is 1. The molecule has 1 heterocycles. The third-order valence-corrected chi connectivity index (χ3v) is 5.05. The number of fused-ring (bicyclic) bond motifs is 1. The van der Waals surface area contributed by atoms with E-state index in [0.717, 1.165) is 12.2 Å². The van der Waals surface area contributed by atoms with Gasteiger partial charge in [-0.3, -0.25) is 9.59 Å². The molecule has 3 aromatic carbocycles. The largest absolute Gasteiger partial charge is 0.494 e. The van der Waals surface area contributed by atoms with E-state index in [1.807, 2.05) is 31.2 Å². The van der Waals surface area contributed by atoms with Crippen LogP contribution in [0, 0.1) is 0 Å². The quantitative estimate of drug-likeness (QED) is 0.539. The van der Waals surface area contributed by atoms with Crippen LogP contribution in [-0.2, 0) is 0 Å². The highest BCUT2D eigenvalue weighted by Gasteiger charge is 2.21. The predicted octanol–water partition coefficient (Wildman–Crippen LogP) is 4.30. The second-order valence-corrected chi connectivity index (χ2v) is 7.61. The van der Waals surface area contributed by atoms with Crippen molar-refractivity contribution in [2.24, 2.45) is 0 Å². The van der Waals surface area contributed by atoms with E-state index in [1.165, 1.54) is 0 Å². The summed E-state index contributed by atoms with van der Waals surface area (Å²) in [5, 5.41) is 5.69. The Morgan fingerprint density at radius 2 is 1.58 bits per heavy atom. The van der Waals surface area contributed by atoms with Crippen molar-refractivity contribution >= 4 is 17.5 Å². The first-order chi connectivity index (χ1) is 16.1. The topological polar surface area (TPSA) is 85.9 Å². The molecule has 0 saturated heterocycles. The molecule has 3 aromatic rings. The number of amides is 2. The van der Waals surface area contributed by atoms with Crippen LogP contribution in [0.25, 0.3) is 0 Å². The Morgan fingerprint density at radius 1 is 0.909 bits per heavy atom. The first-order valence-corrected chi connectivity index (χ1v) is 10.9. The van der Waals surface area contributed by atoms with E-state index in [2.05, 4.69) is 10.6 Å². The molecule has 33 heavy (non-hydrogen) atoms. The van der Waals surface area contributed by atoms with Crippen LogP contribution in [0.1, 0.15) is 34.1 Å². The molecular weight excluding hydrogens is 420 g/mol. The SMILES string of the molecule is CCCOc1ccc(C(=O)Nc2ccc(C(=O)NCC3COc4ccccc4O3)cc2)cc1. The van der Waals surface area contributed by atoms with Gasteiger partial charge in [-0.2, -0.15) is 0 Å². The first kappa shape index (κ1) is 22.2. The van der Waals surface area contributed by atoms with Crippen LogP contribution in [0.2, 0.25) is 0 Å². The molecule has 0 fully saturated rings. The number of carbonyl (C=O) groups excluding carboxylic acids is 2. The summed E-state index contributed by atoms with van der Waals surface area (Å²) in [4.78, 5) is 25.0. The summed E-state index contributed by atoms with van der Waals surface area (Å²) < 4.78 is 17.1. The fraction of sp³-hybridized carbons (Fsp3) is 0.231. The zero-order valence-electron chi connectivity index (χ0n) is 18.4. The van der Waals surface area contributed by atoms with Gasteiger partial charge in [0, 0.05) is 16.8 Å². The first-order valence-electron chi connectivity index (χ1n) is 10.9.